The molecule has 2 aliphatic rings. The molecule has 1 aromatic rings. The summed E-state index contributed by atoms with van der Waals surface area (Å²) in [6.45, 7) is 1.90. The fourth-order valence-corrected chi connectivity index (χ4v) is 4.07. The molecule has 130 valence electrons. The second kappa shape index (κ2) is 7.75. The van der Waals surface area contributed by atoms with E-state index in [1.165, 1.54) is 50.8 Å². The zero-order valence-corrected chi connectivity index (χ0v) is 13.9. The Bertz CT molecular complexity index is 586. The average Bonchev–Trinajstić information content (AvgIpc) is 2.60. The van der Waals surface area contributed by atoms with Crippen LogP contribution in [0.3, 0.4) is 0 Å². The summed E-state index contributed by atoms with van der Waals surface area (Å²) in [7, 11) is 0. The minimum Gasteiger partial charge on any atom is -0.477 e. The number of nitrogens with zero attached hydrogens (tertiary/aromatic N) is 2. The van der Waals surface area contributed by atoms with Gasteiger partial charge in [-0.25, -0.2) is 9.78 Å². The number of aromatic nitrogens is 1. The highest BCUT2D eigenvalue weighted by Gasteiger charge is 2.32. The zero-order chi connectivity index (χ0) is 16.9. The molecule has 0 aromatic carbocycles. The summed E-state index contributed by atoms with van der Waals surface area (Å²) in [5.74, 6) is -0.291. The molecular weight excluding hydrogens is 306 g/mol. The van der Waals surface area contributed by atoms with Crippen molar-refractivity contribution in [2.45, 2.75) is 51.0 Å². The SMILES string of the molecule is O=C(CCN1CCC[C@@H]2CCCC[C@@H]21)Nc1ccc(C(=O)O)nc1. The van der Waals surface area contributed by atoms with Crippen molar-refractivity contribution in [2.75, 3.05) is 18.4 Å². The first kappa shape index (κ1) is 16.9. The quantitative estimate of drug-likeness (QED) is 0.867. The molecular formula is C18H25N3O3. The number of nitrogens with one attached hydrogen (secondary N) is 1. The standard InChI is InChI=1S/C18H25N3O3/c22-17(20-14-7-8-15(18(23)24)19-12-14)9-11-21-10-3-5-13-4-1-2-6-16(13)21/h7-8,12-13,16H,1-6,9-11H2,(H,20,22)(H,23,24)/t13-,16-/m0/s1. The number of hydrogen-bond donors (Lipinski definition) is 2. The van der Waals surface area contributed by atoms with Gasteiger partial charge in [-0.2, -0.15) is 0 Å². The molecule has 2 fully saturated rings. The molecule has 6 nitrogen and oxygen atoms in total. The van der Waals surface area contributed by atoms with Crippen molar-refractivity contribution in [1.82, 2.24) is 9.88 Å². The molecule has 2 N–H and O–H groups in total. The molecule has 24 heavy (non-hydrogen) atoms. The zero-order valence-electron chi connectivity index (χ0n) is 13.9. The molecule has 2 atom stereocenters. The maximum atomic E-state index is 12.2. The van der Waals surface area contributed by atoms with Gasteiger partial charge in [0, 0.05) is 19.0 Å². The van der Waals surface area contributed by atoms with E-state index < -0.39 is 5.97 Å². The number of carboxylic acids is 1. The number of carbonyl (C=O) groups excluding carboxylic acids is 1. The van der Waals surface area contributed by atoms with Crippen LogP contribution in [0.5, 0.6) is 0 Å². The van der Waals surface area contributed by atoms with E-state index in [1.54, 1.807) is 6.07 Å². The summed E-state index contributed by atoms with van der Waals surface area (Å²) in [6, 6.07) is 3.64. The fraction of sp³-hybridized carbons (Fsp3) is 0.611. The third kappa shape index (κ3) is 4.12. The molecule has 3 rings (SSSR count). The van der Waals surface area contributed by atoms with Crippen LogP contribution in [0.25, 0.3) is 0 Å². The summed E-state index contributed by atoms with van der Waals surface area (Å²) < 4.78 is 0. The summed E-state index contributed by atoms with van der Waals surface area (Å²) in [6.07, 6.45) is 9.71. The first-order valence-corrected chi connectivity index (χ1v) is 8.87. The summed E-state index contributed by atoms with van der Waals surface area (Å²) in [5.41, 5.74) is 0.517. The lowest BCUT2D eigenvalue weighted by Gasteiger charge is -2.44. The van der Waals surface area contributed by atoms with Crippen LogP contribution in [0.15, 0.2) is 18.3 Å². The average molecular weight is 331 g/mol. The van der Waals surface area contributed by atoms with Crippen molar-refractivity contribution >= 4 is 17.6 Å². The number of rotatable bonds is 5. The number of carbonyl (C=O) groups is 2. The van der Waals surface area contributed by atoms with Crippen LogP contribution < -0.4 is 5.32 Å². The Morgan fingerprint density at radius 2 is 2.00 bits per heavy atom. The molecule has 1 amide bonds. The topological polar surface area (TPSA) is 82.5 Å². The van der Waals surface area contributed by atoms with Crippen molar-refractivity contribution in [1.29, 1.82) is 0 Å². The number of amides is 1. The predicted octanol–water partition coefficient (Wildman–Crippen LogP) is 2.76. The Balaban J connectivity index is 1.49. The largest absolute Gasteiger partial charge is 0.477 e. The number of anilines is 1. The van der Waals surface area contributed by atoms with Gasteiger partial charge in [0.25, 0.3) is 0 Å². The second-order valence-electron chi connectivity index (χ2n) is 6.83. The highest BCUT2D eigenvalue weighted by Crippen LogP contribution is 2.35. The molecule has 1 saturated carbocycles. The van der Waals surface area contributed by atoms with Gasteiger partial charge in [0.1, 0.15) is 5.69 Å². The smallest absolute Gasteiger partial charge is 0.354 e. The van der Waals surface area contributed by atoms with E-state index in [-0.39, 0.29) is 11.6 Å². The molecule has 0 spiro atoms. The molecule has 2 heterocycles. The van der Waals surface area contributed by atoms with Gasteiger partial charge in [0.2, 0.25) is 5.91 Å². The number of likely N-dealkylation sites (tertiary alicyclic amines) is 1. The predicted molar refractivity (Wildman–Crippen MR) is 91.0 cm³/mol. The minimum absolute atomic E-state index is 0.0235. The van der Waals surface area contributed by atoms with Crippen molar-refractivity contribution in [3.63, 3.8) is 0 Å². The van der Waals surface area contributed by atoms with Gasteiger partial charge in [-0.1, -0.05) is 12.8 Å². The Morgan fingerprint density at radius 3 is 2.75 bits per heavy atom. The fourth-order valence-electron chi connectivity index (χ4n) is 4.07. The van der Waals surface area contributed by atoms with Gasteiger partial charge in [-0.15, -0.1) is 0 Å². The maximum Gasteiger partial charge on any atom is 0.354 e. The van der Waals surface area contributed by atoms with Crippen molar-refractivity contribution < 1.29 is 14.7 Å². The van der Waals surface area contributed by atoms with Crippen molar-refractivity contribution in [3.8, 4) is 0 Å². The van der Waals surface area contributed by atoms with Crippen LogP contribution in [0.4, 0.5) is 5.69 Å². The molecule has 0 radical (unpaired) electrons. The number of carboxylic acid groups (broad SMARTS) is 1. The maximum absolute atomic E-state index is 12.2. The molecule has 1 aromatic heterocycles. The number of aromatic carboxylic acids is 1. The second-order valence-corrected chi connectivity index (χ2v) is 6.83. The first-order chi connectivity index (χ1) is 11.6. The third-order valence-corrected chi connectivity index (χ3v) is 5.25. The van der Waals surface area contributed by atoms with Crippen molar-refractivity contribution in [3.05, 3.63) is 24.0 Å². The first-order valence-electron chi connectivity index (χ1n) is 8.87. The van der Waals surface area contributed by atoms with Crippen LogP contribution in [0.2, 0.25) is 0 Å². The Kier molecular flexibility index (Phi) is 5.45. The van der Waals surface area contributed by atoms with Crippen LogP contribution in [0.1, 0.15) is 55.4 Å². The lowest BCUT2D eigenvalue weighted by molar-refractivity contribution is -0.116. The van der Waals surface area contributed by atoms with Gasteiger partial charge in [0.15, 0.2) is 0 Å². The molecule has 1 saturated heterocycles. The van der Waals surface area contributed by atoms with Gasteiger partial charge in [-0.3, -0.25) is 9.69 Å². The van der Waals surface area contributed by atoms with E-state index >= 15 is 0 Å². The van der Waals surface area contributed by atoms with Crippen LogP contribution >= 0.6 is 0 Å². The van der Waals surface area contributed by atoms with Gasteiger partial charge in [-0.05, 0) is 50.3 Å². The highest BCUT2D eigenvalue weighted by atomic mass is 16.4. The molecule has 0 unspecified atom stereocenters. The lowest BCUT2D eigenvalue weighted by atomic mass is 9.78. The van der Waals surface area contributed by atoms with E-state index in [4.69, 9.17) is 5.11 Å². The van der Waals surface area contributed by atoms with E-state index in [9.17, 15) is 9.59 Å². The van der Waals surface area contributed by atoms with E-state index in [2.05, 4.69) is 15.2 Å². The Labute approximate surface area is 142 Å². The summed E-state index contributed by atoms with van der Waals surface area (Å²) >= 11 is 0. The minimum atomic E-state index is -1.07. The number of pyridine rings is 1. The number of piperidine rings is 1. The molecule has 1 aliphatic carbocycles. The molecule has 1 aliphatic heterocycles. The normalized spacial score (nSPS) is 24.2. The highest BCUT2D eigenvalue weighted by molar-refractivity contribution is 5.91. The Morgan fingerprint density at radius 1 is 1.21 bits per heavy atom. The summed E-state index contributed by atoms with van der Waals surface area (Å²) in [5, 5.41) is 11.6. The van der Waals surface area contributed by atoms with E-state index in [1.807, 2.05) is 0 Å². The molecule has 0 bridgehead atoms. The lowest BCUT2D eigenvalue weighted by Crippen LogP contribution is -2.47. The van der Waals surface area contributed by atoms with Crippen LogP contribution in [-0.4, -0.2) is 46.0 Å². The van der Waals surface area contributed by atoms with Gasteiger partial charge >= 0.3 is 5.97 Å². The molecule has 6 heteroatoms. The van der Waals surface area contributed by atoms with Crippen LogP contribution in [0, 0.1) is 5.92 Å². The van der Waals surface area contributed by atoms with Crippen LogP contribution in [-0.2, 0) is 4.79 Å². The number of hydrogen-bond acceptors (Lipinski definition) is 4. The third-order valence-electron chi connectivity index (χ3n) is 5.25. The van der Waals surface area contributed by atoms with E-state index in [0.29, 0.717) is 18.2 Å². The summed E-state index contributed by atoms with van der Waals surface area (Å²) in [4.78, 5) is 29.2. The number of fused-ring (bicyclic) bond motifs is 1. The monoisotopic (exact) mass is 331 g/mol. The Hall–Kier alpha value is -1.95. The van der Waals surface area contributed by atoms with Gasteiger partial charge in [0.05, 0.1) is 11.9 Å². The van der Waals surface area contributed by atoms with Crippen molar-refractivity contribution in [2.24, 2.45) is 5.92 Å². The van der Waals surface area contributed by atoms with E-state index in [0.717, 1.165) is 19.0 Å². The van der Waals surface area contributed by atoms with Gasteiger partial charge < -0.3 is 10.4 Å².